The van der Waals surface area contributed by atoms with Crippen molar-refractivity contribution in [2.75, 3.05) is 24.5 Å². The van der Waals surface area contributed by atoms with Gasteiger partial charge in [0.05, 0.1) is 6.42 Å². The minimum absolute atomic E-state index is 0.284. The van der Waals surface area contributed by atoms with Crippen molar-refractivity contribution in [3.05, 3.63) is 29.8 Å². The zero-order valence-corrected chi connectivity index (χ0v) is 10.1. The lowest BCUT2D eigenvalue weighted by Gasteiger charge is -2.36. The highest BCUT2D eigenvalue weighted by molar-refractivity contribution is 5.76. The number of rotatable bonds is 3. The van der Waals surface area contributed by atoms with Crippen molar-refractivity contribution in [2.45, 2.75) is 19.4 Å². The minimum atomic E-state index is -0.284. The maximum Gasteiger partial charge on any atom is 0.221 e. The van der Waals surface area contributed by atoms with Crippen LogP contribution < -0.4 is 16.0 Å². The molecule has 1 atom stereocenters. The van der Waals surface area contributed by atoms with Gasteiger partial charge in [-0.25, -0.2) is 0 Å². The molecule has 4 heteroatoms. The summed E-state index contributed by atoms with van der Waals surface area (Å²) < 4.78 is 0. The maximum absolute atomic E-state index is 10.8. The standard InChI is InChI=1S/C13H19N3O/c1-10-9-15-6-7-16(10)12-4-2-11(3-5-12)8-13(14)17/h2-5,10,15H,6-9H2,1H3,(H2,14,17). The molecule has 1 saturated heterocycles. The van der Waals surface area contributed by atoms with Crippen LogP contribution in [-0.2, 0) is 11.2 Å². The molecule has 92 valence electrons. The zero-order chi connectivity index (χ0) is 12.3. The molecule has 0 bridgehead atoms. The van der Waals surface area contributed by atoms with Crippen LogP contribution in [0, 0.1) is 0 Å². The molecule has 3 N–H and O–H groups in total. The monoisotopic (exact) mass is 233 g/mol. The molecule has 1 unspecified atom stereocenters. The van der Waals surface area contributed by atoms with Crippen LogP contribution in [0.4, 0.5) is 5.69 Å². The number of hydrogen-bond donors (Lipinski definition) is 2. The highest BCUT2D eigenvalue weighted by atomic mass is 16.1. The molecular formula is C13H19N3O. The Morgan fingerprint density at radius 1 is 1.47 bits per heavy atom. The number of hydrogen-bond acceptors (Lipinski definition) is 3. The number of amides is 1. The quantitative estimate of drug-likeness (QED) is 0.800. The highest BCUT2D eigenvalue weighted by Gasteiger charge is 2.17. The van der Waals surface area contributed by atoms with Gasteiger partial charge in [-0.2, -0.15) is 0 Å². The van der Waals surface area contributed by atoms with Crippen LogP contribution in [0.2, 0.25) is 0 Å². The first-order valence-electron chi connectivity index (χ1n) is 6.01. The number of nitrogens with zero attached hydrogens (tertiary/aromatic N) is 1. The van der Waals surface area contributed by atoms with Crippen LogP contribution in [0.25, 0.3) is 0 Å². The van der Waals surface area contributed by atoms with E-state index in [1.165, 1.54) is 5.69 Å². The zero-order valence-electron chi connectivity index (χ0n) is 10.1. The first-order valence-corrected chi connectivity index (χ1v) is 6.01. The van der Waals surface area contributed by atoms with Gasteiger partial charge in [0.2, 0.25) is 5.91 Å². The molecule has 0 radical (unpaired) electrons. The number of nitrogens with one attached hydrogen (secondary N) is 1. The van der Waals surface area contributed by atoms with Crippen molar-refractivity contribution in [1.82, 2.24) is 5.32 Å². The van der Waals surface area contributed by atoms with E-state index in [0.29, 0.717) is 12.5 Å². The molecule has 0 saturated carbocycles. The molecule has 0 aliphatic carbocycles. The summed E-state index contributed by atoms with van der Waals surface area (Å²) in [7, 11) is 0. The fourth-order valence-corrected chi connectivity index (χ4v) is 2.23. The minimum Gasteiger partial charge on any atom is -0.369 e. The van der Waals surface area contributed by atoms with Crippen LogP contribution >= 0.6 is 0 Å². The Labute approximate surface area is 102 Å². The second-order valence-electron chi connectivity index (χ2n) is 4.56. The predicted molar refractivity (Wildman–Crippen MR) is 69.0 cm³/mol. The molecule has 1 aromatic carbocycles. The van der Waals surface area contributed by atoms with Gasteiger partial charge in [-0.05, 0) is 24.6 Å². The van der Waals surface area contributed by atoms with E-state index in [0.717, 1.165) is 25.2 Å². The molecule has 0 spiro atoms. The van der Waals surface area contributed by atoms with E-state index >= 15 is 0 Å². The van der Waals surface area contributed by atoms with Gasteiger partial charge in [0.25, 0.3) is 0 Å². The molecule has 0 aromatic heterocycles. The summed E-state index contributed by atoms with van der Waals surface area (Å²) >= 11 is 0. The lowest BCUT2D eigenvalue weighted by atomic mass is 10.1. The van der Waals surface area contributed by atoms with Crippen LogP contribution in [0.1, 0.15) is 12.5 Å². The van der Waals surface area contributed by atoms with Crippen molar-refractivity contribution >= 4 is 11.6 Å². The number of anilines is 1. The van der Waals surface area contributed by atoms with Crippen LogP contribution in [-0.4, -0.2) is 31.6 Å². The number of primary amides is 1. The highest BCUT2D eigenvalue weighted by Crippen LogP contribution is 2.19. The van der Waals surface area contributed by atoms with Crippen molar-refractivity contribution < 1.29 is 4.79 Å². The van der Waals surface area contributed by atoms with E-state index in [4.69, 9.17) is 5.73 Å². The summed E-state index contributed by atoms with van der Waals surface area (Å²) in [6, 6.07) is 8.61. The molecule has 1 fully saturated rings. The Balaban J connectivity index is 2.08. The Kier molecular flexibility index (Phi) is 3.64. The fourth-order valence-electron chi connectivity index (χ4n) is 2.23. The van der Waals surface area contributed by atoms with E-state index in [1.54, 1.807) is 0 Å². The Hall–Kier alpha value is -1.55. The SMILES string of the molecule is CC1CNCCN1c1ccc(CC(N)=O)cc1. The summed E-state index contributed by atoms with van der Waals surface area (Å²) in [6.45, 7) is 5.27. The number of piperazine rings is 1. The number of carbonyl (C=O) groups is 1. The topological polar surface area (TPSA) is 58.4 Å². The smallest absolute Gasteiger partial charge is 0.221 e. The van der Waals surface area contributed by atoms with Crippen molar-refractivity contribution in [1.29, 1.82) is 0 Å². The number of benzene rings is 1. The van der Waals surface area contributed by atoms with Crippen LogP contribution in [0.15, 0.2) is 24.3 Å². The number of carbonyl (C=O) groups excluding carboxylic acids is 1. The fraction of sp³-hybridized carbons (Fsp3) is 0.462. The molecule has 1 heterocycles. The van der Waals surface area contributed by atoms with E-state index in [9.17, 15) is 4.79 Å². The van der Waals surface area contributed by atoms with E-state index in [1.807, 2.05) is 12.1 Å². The van der Waals surface area contributed by atoms with Gasteiger partial charge >= 0.3 is 0 Å². The van der Waals surface area contributed by atoms with E-state index in [2.05, 4.69) is 29.3 Å². The van der Waals surface area contributed by atoms with Gasteiger partial charge in [-0.15, -0.1) is 0 Å². The molecule has 1 aromatic rings. The molecule has 17 heavy (non-hydrogen) atoms. The first-order chi connectivity index (χ1) is 8.16. The van der Waals surface area contributed by atoms with Gasteiger partial charge in [0, 0.05) is 31.4 Å². The third-order valence-corrected chi connectivity index (χ3v) is 3.15. The maximum atomic E-state index is 10.8. The summed E-state index contributed by atoms with van der Waals surface area (Å²) in [6.07, 6.45) is 0.317. The molecule has 1 amide bonds. The average Bonchev–Trinajstić information content (AvgIpc) is 2.30. The second-order valence-corrected chi connectivity index (χ2v) is 4.56. The van der Waals surface area contributed by atoms with Gasteiger partial charge in [-0.3, -0.25) is 4.79 Å². The van der Waals surface area contributed by atoms with Crippen molar-refractivity contribution in [3.63, 3.8) is 0 Å². The largest absolute Gasteiger partial charge is 0.369 e. The van der Waals surface area contributed by atoms with Crippen molar-refractivity contribution in [3.8, 4) is 0 Å². The lowest BCUT2D eigenvalue weighted by Crippen LogP contribution is -2.49. The van der Waals surface area contributed by atoms with Gasteiger partial charge in [0.1, 0.15) is 0 Å². The summed E-state index contributed by atoms with van der Waals surface area (Å²) in [4.78, 5) is 13.2. The number of nitrogens with two attached hydrogens (primary N) is 1. The second kappa shape index (κ2) is 5.19. The molecule has 2 rings (SSSR count). The van der Waals surface area contributed by atoms with Gasteiger partial charge in [0.15, 0.2) is 0 Å². The Bertz CT molecular complexity index is 388. The predicted octanol–water partition coefficient (Wildman–Crippen LogP) is 0.512. The third-order valence-electron chi connectivity index (χ3n) is 3.15. The Morgan fingerprint density at radius 3 is 2.76 bits per heavy atom. The molecular weight excluding hydrogens is 214 g/mol. The summed E-state index contributed by atoms with van der Waals surface area (Å²) in [5.41, 5.74) is 7.36. The lowest BCUT2D eigenvalue weighted by molar-refractivity contribution is -0.117. The van der Waals surface area contributed by atoms with Crippen molar-refractivity contribution in [2.24, 2.45) is 5.73 Å². The first kappa shape index (κ1) is 11.9. The third kappa shape index (κ3) is 2.97. The Morgan fingerprint density at radius 2 is 2.18 bits per heavy atom. The molecule has 1 aliphatic heterocycles. The summed E-state index contributed by atoms with van der Waals surface area (Å²) in [5, 5.41) is 3.37. The summed E-state index contributed by atoms with van der Waals surface area (Å²) in [5.74, 6) is -0.284. The normalized spacial score (nSPS) is 20.3. The van der Waals surface area contributed by atoms with E-state index in [-0.39, 0.29) is 5.91 Å². The molecule has 4 nitrogen and oxygen atoms in total. The average molecular weight is 233 g/mol. The van der Waals surface area contributed by atoms with Gasteiger partial charge in [-0.1, -0.05) is 12.1 Å². The van der Waals surface area contributed by atoms with E-state index < -0.39 is 0 Å². The van der Waals surface area contributed by atoms with Crippen LogP contribution in [0.3, 0.4) is 0 Å². The molecule has 1 aliphatic rings. The van der Waals surface area contributed by atoms with Crippen LogP contribution in [0.5, 0.6) is 0 Å². The van der Waals surface area contributed by atoms with Gasteiger partial charge < -0.3 is 16.0 Å².